The van der Waals surface area contributed by atoms with Crippen molar-refractivity contribution in [2.24, 2.45) is 0 Å². The minimum absolute atomic E-state index is 0.165. The van der Waals surface area contributed by atoms with Gasteiger partial charge in [0.15, 0.2) is 0 Å². The van der Waals surface area contributed by atoms with Crippen LogP contribution in [-0.4, -0.2) is 6.04 Å². The first-order valence-corrected chi connectivity index (χ1v) is 7.11. The van der Waals surface area contributed by atoms with Gasteiger partial charge in [0.2, 0.25) is 0 Å². The second-order valence-electron chi connectivity index (χ2n) is 5.53. The van der Waals surface area contributed by atoms with E-state index < -0.39 is 0 Å². The molecule has 0 heterocycles. The highest BCUT2D eigenvalue weighted by atomic mass is 19.1. The van der Waals surface area contributed by atoms with Crippen molar-refractivity contribution in [1.29, 1.82) is 0 Å². The van der Waals surface area contributed by atoms with Crippen LogP contribution in [0.3, 0.4) is 0 Å². The topological polar surface area (TPSA) is 12.0 Å². The number of hydrogen-bond acceptors (Lipinski definition) is 1. The number of rotatable bonds is 5. The second kappa shape index (κ2) is 6.67. The molecule has 2 rings (SSSR count). The molecular formula is C18H22FN. The van der Waals surface area contributed by atoms with E-state index in [9.17, 15) is 4.39 Å². The summed E-state index contributed by atoms with van der Waals surface area (Å²) in [6.45, 7) is 6.39. The Bertz CT molecular complexity index is 548. The van der Waals surface area contributed by atoms with Crippen molar-refractivity contribution >= 4 is 0 Å². The van der Waals surface area contributed by atoms with E-state index in [1.807, 2.05) is 6.07 Å². The van der Waals surface area contributed by atoms with Crippen molar-refractivity contribution in [3.05, 3.63) is 71.0 Å². The van der Waals surface area contributed by atoms with Gasteiger partial charge < -0.3 is 5.32 Å². The molecule has 0 aliphatic heterocycles. The molecule has 0 radical (unpaired) electrons. The summed E-state index contributed by atoms with van der Waals surface area (Å²) >= 11 is 0. The monoisotopic (exact) mass is 271 g/mol. The highest BCUT2D eigenvalue weighted by Crippen LogP contribution is 2.15. The van der Waals surface area contributed by atoms with Gasteiger partial charge in [0, 0.05) is 12.1 Å². The average Bonchev–Trinajstić information content (AvgIpc) is 2.39. The first-order chi connectivity index (χ1) is 9.54. The molecule has 0 bridgehead atoms. The predicted molar refractivity (Wildman–Crippen MR) is 82.3 cm³/mol. The summed E-state index contributed by atoms with van der Waals surface area (Å²) in [5.74, 6) is -0.165. The fourth-order valence-electron chi connectivity index (χ4n) is 2.45. The van der Waals surface area contributed by atoms with Gasteiger partial charge in [-0.1, -0.05) is 42.0 Å². The molecule has 106 valence electrons. The van der Waals surface area contributed by atoms with Crippen LogP contribution in [-0.2, 0) is 6.42 Å². The van der Waals surface area contributed by atoms with Crippen LogP contribution in [0.4, 0.5) is 4.39 Å². The van der Waals surface area contributed by atoms with Gasteiger partial charge in [-0.15, -0.1) is 0 Å². The number of halogens is 1. The molecule has 0 aliphatic rings. The maximum Gasteiger partial charge on any atom is 0.123 e. The second-order valence-corrected chi connectivity index (χ2v) is 5.53. The van der Waals surface area contributed by atoms with E-state index in [-0.39, 0.29) is 5.82 Å². The summed E-state index contributed by atoms with van der Waals surface area (Å²) in [5.41, 5.74) is 3.58. The standard InChI is InChI=1S/C18H22FN/c1-13-7-9-17(10-8-13)15(3)20-14(2)11-16-5-4-6-18(19)12-16/h4-10,12,14-15,20H,11H2,1-3H3/t14?,15-/m1/s1. The van der Waals surface area contributed by atoms with Gasteiger partial charge in [-0.25, -0.2) is 4.39 Å². The van der Waals surface area contributed by atoms with Gasteiger partial charge in [-0.3, -0.25) is 0 Å². The lowest BCUT2D eigenvalue weighted by Gasteiger charge is -2.20. The minimum Gasteiger partial charge on any atom is -0.307 e. The van der Waals surface area contributed by atoms with Crippen LogP contribution in [0.1, 0.15) is 36.6 Å². The Morgan fingerprint density at radius 3 is 2.40 bits per heavy atom. The maximum absolute atomic E-state index is 13.2. The SMILES string of the molecule is Cc1ccc([C@@H](C)NC(C)Cc2cccc(F)c2)cc1. The van der Waals surface area contributed by atoms with Crippen molar-refractivity contribution in [1.82, 2.24) is 5.32 Å². The third kappa shape index (κ3) is 4.17. The predicted octanol–water partition coefficient (Wildman–Crippen LogP) is 4.42. The summed E-state index contributed by atoms with van der Waals surface area (Å²) in [4.78, 5) is 0. The van der Waals surface area contributed by atoms with E-state index in [0.717, 1.165) is 12.0 Å². The number of aryl methyl sites for hydroxylation is 1. The molecule has 0 saturated heterocycles. The number of benzene rings is 2. The van der Waals surface area contributed by atoms with E-state index in [2.05, 4.69) is 50.4 Å². The molecule has 2 atom stereocenters. The van der Waals surface area contributed by atoms with Crippen LogP contribution in [0.5, 0.6) is 0 Å². The zero-order chi connectivity index (χ0) is 14.5. The summed E-state index contributed by atoms with van der Waals surface area (Å²) in [6, 6.07) is 16.0. The zero-order valence-electron chi connectivity index (χ0n) is 12.4. The lowest BCUT2D eigenvalue weighted by atomic mass is 10.0. The van der Waals surface area contributed by atoms with Crippen LogP contribution in [0.25, 0.3) is 0 Å². The highest BCUT2D eigenvalue weighted by Gasteiger charge is 2.10. The molecule has 1 unspecified atom stereocenters. The molecule has 2 aromatic rings. The lowest BCUT2D eigenvalue weighted by molar-refractivity contribution is 0.476. The Balaban J connectivity index is 1.93. The van der Waals surface area contributed by atoms with E-state index in [4.69, 9.17) is 0 Å². The van der Waals surface area contributed by atoms with Gasteiger partial charge in [0.05, 0.1) is 0 Å². The summed E-state index contributed by atoms with van der Waals surface area (Å²) in [5, 5.41) is 3.56. The van der Waals surface area contributed by atoms with Gasteiger partial charge in [0.25, 0.3) is 0 Å². The van der Waals surface area contributed by atoms with Crippen molar-refractivity contribution in [2.45, 2.75) is 39.3 Å². The fourth-order valence-corrected chi connectivity index (χ4v) is 2.45. The Labute approximate surface area is 120 Å². The Morgan fingerprint density at radius 2 is 1.75 bits per heavy atom. The number of hydrogen-bond donors (Lipinski definition) is 1. The molecule has 20 heavy (non-hydrogen) atoms. The van der Waals surface area contributed by atoms with Crippen molar-refractivity contribution in [3.8, 4) is 0 Å². The molecule has 1 nitrogen and oxygen atoms in total. The van der Waals surface area contributed by atoms with E-state index in [1.165, 1.54) is 17.2 Å². The van der Waals surface area contributed by atoms with Gasteiger partial charge in [-0.05, 0) is 50.5 Å². The smallest absolute Gasteiger partial charge is 0.123 e. The van der Waals surface area contributed by atoms with Crippen molar-refractivity contribution in [2.75, 3.05) is 0 Å². The molecule has 2 heteroatoms. The van der Waals surface area contributed by atoms with Gasteiger partial charge in [0.1, 0.15) is 5.82 Å². The summed E-state index contributed by atoms with van der Waals surface area (Å²) in [6.07, 6.45) is 0.827. The van der Waals surface area contributed by atoms with Crippen molar-refractivity contribution < 1.29 is 4.39 Å². The molecule has 0 aromatic heterocycles. The Hall–Kier alpha value is -1.67. The molecule has 0 aliphatic carbocycles. The van der Waals surface area contributed by atoms with E-state index in [0.29, 0.717) is 12.1 Å². The Morgan fingerprint density at radius 1 is 1.05 bits per heavy atom. The first kappa shape index (κ1) is 14.7. The largest absolute Gasteiger partial charge is 0.307 e. The number of nitrogens with one attached hydrogen (secondary N) is 1. The molecule has 2 aromatic carbocycles. The molecule has 0 spiro atoms. The van der Waals surface area contributed by atoms with Crippen LogP contribution < -0.4 is 5.32 Å². The van der Waals surface area contributed by atoms with Crippen LogP contribution in [0.2, 0.25) is 0 Å². The third-order valence-electron chi connectivity index (χ3n) is 3.54. The lowest BCUT2D eigenvalue weighted by Crippen LogP contribution is -2.30. The summed E-state index contributed by atoms with van der Waals surface area (Å²) < 4.78 is 13.2. The van der Waals surface area contributed by atoms with Gasteiger partial charge >= 0.3 is 0 Å². The van der Waals surface area contributed by atoms with Crippen LogP contribution in [0.15, 0.2) is 48.5 Å². The highest BCUT2D eigenvalue weighted by molar-refractivity contribution is 5.24. The van der Waals surface area contributed by atoms with Crippen molar-refractivity contribution in [3.63, 3.8) is 0 Å². The van der Waals surface area contributed by atoms with Crippen LogP contribution in [0, 0.1) is 12.7 Å². The maximum atomic E-state index is 13.2. The van der Waals surface area contributed by atoms with Crippen LogP contribution >= 0.6 is 0 Å². The van der Waals surface area contributed by atoms with Gasteiger partial charge in [-0.2, -0.15) is 0 Å². The molecule has 0 saturated carbocycles. The molecular weight excluding hydrogens is 249 g/mol. The van der Waals surface area contributed by atoms with E-state index in [1.54, 1.807) is 12.1 Å². The fraction of sp³-hybridized carbons (Fsp3) is 0.333. The minimum atomic E-state index is -0.165. The normalized spacial score (nSPS) is 14.0. The third-order valence-corrected chi connectivity index (χ3v) is 3.54. The quantitative estimate of drug-likeness (QED) is 0.849. The first-order valence-electron chi connectivity index (χ1n) is 7.11. The molecule has 1 N–H and O–H groups in total. The average molecular weight is 271 g/mol. The molecule has 0 fully saturated rings. The van der Waals surface area contributed by atoms with E-state index >= 15 is 0 Å². The molecule has 0 amide bonds. The Kier molecular flexibility index (Phi) is 4.91. The zero-order valence-corrected chi connectivity index (χ0v) is 12.4. The summed E-state index contributed by atoms with van der Waals surface area (Å²) in [7, 11) is 0.